The first-order valence-electron chi connectivity index (χ1n) is 10.8. The van der Waals surface area contributed by atoms with E-state index in [0.717, 1.165) is 21.8 Å². The highest BCUT2D eigenvalue weighted by Crippen LogP contribution is 2.30. The van der Waals surface area contributed by atoms with Crippen molar-refractivity contribution in [3.63, 3.8) is 0 Å². The standard InChI is InChI=1S/C26H28N2O3S2/c29-25(30)24(20-22-12-6-2-7-13-22)27-26(31)28(17-16-21-10-4-1-5-11-21)18-19-32-33-23-14-8-3-9-15-23/h1-15,24H,16-20H2,(H,27,31)(H,29,30)/t24-/m0/s1. The van der Waals surface area contributed by atoms with Crippen LogP contribution in [0.15, 0.2) is 95.9 Å². The van der Waals surface area contributed by atoms with E-state index in [1.165, 1.54) is 0 Å². The first-order chi connectivity index (χ1) is 16.1. The van der Waals surface area contributed by atoms with Crippen LogP contribution in [0.25, 0.3) is 0 Å². The van der Waals surface area contributed by atoms with Gasteiger partial charge in [-0.2, -0.15) is 0 Å². The first-order valence-corrected chi connectivity index (χ1v) is 13.1. The van der Waals surface area contributed by atoms with Crippen LogP contribution in [0.1, 0.15) is 11.1 Å². The monoisotopic (exact) mass is 480 g/mol. The summed E-state index contributed by atoms with van der Waals surface area (Å²) in [4.78, 5) is 27.8. The molecule has 0 heterocycles. The van der Waals surface area contributed by atoms with E-state index in [2.05, 4.69) is 17.4 Å². The quantitative estimate of drug-likeness (QED) is 0.269. The molecule has 33 heavy (non-hydrogen) atoms. The molecule has 172 valence electrons. The molecule has 3 aromatic carbocycles. The van der Waals surface area contributed by atoms with Crippen molar-refractivity contribution >= 4 is 33.6 Å². The van der Waals surface area contributed by atoms with E-state index in [1.807, 2.05) is 78.9 Å². The van der Waals surface area contributed by atoms with Gasteiger partial charge in [0.2, 0.25) is 0 Å². The van der Waals surface area contributed by atoms with E-state index in [-0.39, 0.29) is 12.5 Å². The molecule has 0 aliphatic rings. The molecule has 0 fully saturated rings. The summed E-state index contributed by atoms with van der Waals surface area (Å²) in [6.45, 7) is 1.05. The summed E-state index contributed by atoms with van der Waals surface area (Å²) in [7, 11) is 3.35. The van der Waals surface area contributed by atoms with Crippen LogP contribution in [0.4, 0.5) is 4.79 Å². The molecule has 0 aliphatic carbocycles. The van der Waals surface area contributed by atoms with Gasteiger partial charge in [0.1, 0.15) is 6.04 Å². The molecule has 0 aromatic heterocycles. The van der Waals surface area contributed by atoms with Gasteiger partial charge in [0.15, 0.2) is 0 Å². The van der Waals surface area contributed by atoms with Crippen LogP contribution < -0.4 is 5.32 Å². The summed E-state index contributed by atoms with van der Waals surface area (Å²) < 4.78 is 0. The van der Waals surface area contributed by atoms with Crippen LogP contribution in [0.3, 0.4) is 0 Å². The third-order valence-electron chi connectivity index (χ3n) is 5.02. The van der Waals surface area contributed by atoms with Gasteiger partial charge in [-0.1, -0.05) is 100 Å². The number of hydrogen-bond donors (Lipinski definition) is 2. The summed E-state index contributed by atoms with van der Waals surface area (Å²) in [5, 5.41) is 12.4. The minimum atomic E-state index is -1.04. The van der Waals surface area contributed by atoms with Gasteiger partial charge in [-0.15, -0.1) is 0 Å². The smallest absolute Gasteiger partial charge is 0.326 e. The number of nitrogens with zero attached hydrogens (tertiary/aromatic N) is 1. The molecule has 0 saturated heterocycles. The van der Waals surface area contributed by atoms with Crippen molar-refractivity contribution in [3.05, 3.63) is 102 Å². The third-order valence-corrected chi connectivity index (χ3v) is 7.38. The van der Waals surface area contributed by atoms with E-state index < -0.39 is 12.0 Å². The molecule has 2 amide bonds. The fraction of sp³-hybridized carbons (Fsp3) is 0.231. The van der Waals surface area contributed by atoms with Crippen molar-refractivity contribution in [1.29, 1.82) is 0 Å². The zero-order chi connectivity index (χ0) is 23.3. The Bertz CT molecular complexity index is 988. The lowest BCUT2D eigenvalue weighted by Gasteiger charge is -2.25. The minimum Gasteiger partial charge on any atom is -0.480 e. The Morgan fingerprint density at radius 1 is 0.818 bits per heavy atom. The lowest BCUT2D eigenvalue weighted by Crippen LogP contribution is -2.50. The predicted molar refractivity (Wildman–Crippen MR) is 137 cm³/mol. The van der Waals surface area contributed by atoms with Crippen molar-refractivity contribution < 1.29 is 14.7 Å². The Hall–Kier alpha value is -2.90. The Labute approximate surface area is 203 Å². The molecule has 5 nitrogen and oxygen atoms in total. The number of aliphatic carboxylic acids is 1. The van der Waals surface area contributed by atoms with E-state index >= 15 is 0 Å². The van der Waals surface area contributed by atoms with Crippen LogP contribution in [0.2, 0.25) is 0 Å². The summed E-state index contributed by atoms with van der Waals surface area (Å²) in [6, 6.07) is 28.1. The minimum absolute atomic E-state index is 0.243. The molecule has 1 atom stereocenters. The van der Waals surface area contributed by atoms with Crippen molar-refractivity contribution in [2.75, 3.05) is 18.8 Å². The molecule has 0 spiro atoms. The number of nitrogens with one attached hydrogen (secondary N) is 1. The van der Waals surface area contributed by atoms with Crippen LogP contribution >= 0.6 is 21.6 Å². The Morgan fingerprint density at radius 3 is 2.00 bits per heavy atom. The van der Waals surface area contributed by atoms with Gasteiger partial charge in [-0.05, 0) is 29.7 Å². The highest BCUT2D eigenvalue weighted by molar-refractivity contribution is 8.76. The van der Waals surface area contributed by atoms with E-state index in [4.69, 9.17) is 0 Å². The average Bonchev–Trinajstić information content (AvgIpc) is 2.85. The van der Waals surface area contributed by atoms with E-state index in [9.17, 15) is 14.7 Å². The Morgan fingerprint density at radius 2 is 1.39 bits per heavy atom. The van der Waals surface area contributed by atoms with Crippen molar-refractivity contribution in [3.8, 4) is 0 Å². The van der Waals surface area contributed by atoms with Gasteiger partial charge in [0.05, 0.1) is 0 Å². The zero-order valence-corrected chi connectivity index (χ0v) is 19.9. The highest BCUT2D eigenvalue weighted by Gasteiger charge is 2.23. The second-order valence-electron chi connectivity index (χ2n) is 7.47. The number of carboxylic acids is 1. The number of carbonyl (C=O) groups is 2. The average molecular weight is 481 g/mol. The van der Waals surface area contributed by atoms with E-state index in [1.54, 1.807) is 26.5 Å². The largest absolute Gasteiger partial charge is 0.480 e. The molecule has 0 unspecified atom stereocenters. The van der Waals surface area contributed by atoms with Crippen LogP contribution in [-0.2, 0) is 17.6 Å². The second-order valence-corrected chi connectivity index (χ2v) is 9.96. The number of carbonyl (C=O) groups excluding carboxylic acids is 1. The third kappa shape index (κ3) is 8.86. The zero-order valence-electron chi connectivity index (χ0n) is 18.3. The normalized spacial score (nSPS) is 11.5. The number of benzene rings is 3. The summed E-state index contributed by atoms with van der Waals surface area (Å²) in [5.41, 5.74) is 2.01. The second kappa shape index (κ2) is 13.6. The summed E-state index contributed by atoms with van der Waals surface area (Å²) in [6.07, 6.45) is 0.953. The van der Waals surface area contributed by atoms with Gasteiger partial charge in [-0.3, -0.25) is 0 Å². The number of rotatable bonds is 12. The molecular formula is C26H28N2O3S2. The highest BCUT2D eigenvalue weighted by atomic mass is 33.1. The van der Waals surface area contributed by atoms with Gasteiger partial charge < -0.3 is 15.3 Å². The maximum absolute atomic E-state index is 13.1. The molecule has 0 radical (unpaired) electrons. The molecule has 0 bridgehead atoms. The van der Waals surface area contributed by atoms with E-state index in [0.29, 0.717) is 19.5 Å². The first kappa shape index (κ1) is 24.7. The fourth-order valence-corrected chi connectivity index (χ4v) is 5.24. The molecule has 7 heteroatoms. The van der Waals surface area contributed by atoms with Crippen LogP contribution in [0.5, 0.6) is 0 Å². The fourth-order valence-electron chi connectivity index (χ4n) is 3.25. The molecule has 3 rings (SSSR count). The molecule has 0 saturated carbocycles. The van der Waals surface area contributed by atoms with Gasteiger partial charge in [0.25, 0.3) is 0 Å². The number of amides is 2. The van der Waals surface area contributed by atoms with Crippen LogP contribution in [0, 0.1) is 0 Å². The predicted octanol–water partition coefficient (Wildman–Crippen LogP) is 5.38. The topological polar surface area (TPSA) is 69.6 Å². The number of urea groups is 1. The summed E-state index contributed by atoms with van der Waals surface area (Å²) in [5.74, 6) is -0.303. The number of hydrogen-bond acceptors (Lipinski definition) is 4. The van der Waals surface area contributed by atoms with Gasteiger partial charge in [0, 0.05) is 30.2 Å². The molecule has 3 aromatic rings. The molecule has 0 aliphatic heterocycles. The number of carboxylic acid groups (broad SMARTS) is 1. The Balaban J connectivity index is 1.59. The molecular weight excluding hydrogens is 452 g/mol. The maximum atomic E-state index is 13.1. The van der Waals surface area contributed by atoms with Crippen LogP contribution in [-0.4, -0.2) is 46.9 Å². The van der Waals surface area contributed by atoms with Crippen molar-refractivity contribution in [2.24, 2.45) is 0 Å². The SMILES string of the molecule is O=C(O)[C@H](Cc1ccccc1)NC(=O)N(CCSSc1ccccc1)CCc1ccccc1. The lowest BCUT2D eigenvalue weighted by molar-refractivity contribution is -0.139. The Kier molecular flexibility index (Phi) is 10.2. The van der Waals surface area contributed by atoms with Gasteiger partial charge in [-0.25, -0.2) is 9.59 Å². The summed E-state index contributed by atoms with van der Waals surface area (Å²) >= 11 is 0. The van der Waals surface area contributed by atoms with Gasteiger partial charge >= 0.3 is 12.0 Å². The van der Waals surface area contributed by atoms with Crippen molar-refractivity contribution in [2.45, 2.75) is 23.8 Å². The van der Waals surface area contributed by atoms with Crippen molar-refractivity contribution in [1.82, 2.24) is 10.2 Å². The maximum Gasteiger partial charge on any atom is 0.326 e. The molecule has 2 N–H and O–H groups in total. The lowest BCUT2D eigenvalue weighted by atomic mass is 10.1.